The smallest absolute Gasteiger partial charge is 0.416 e. The van der Waals surface area contributed by atoms with Crippen LogP contribution in [0.4, 0.5) is 19.0 Å². The van der Waals surface area contributed by atoms with Crippen LogP contribution in [0, 0.1) is 0 Å². The fourth-order valence-electron chi connectivity index (χ4n) is 1.57. The van der Waals surface area contributed by atoms with Crippen molar-refractivity contribution < 1.29 is 17.9 Å². The lowest BCUT2D eigenvalue weighted by Gasteiger charge is -2.09. The van der Waals surface area contributed by atoms with Crippen LogP contribution in [0.1, 0.15) is 11.1 Å². The number of ether oxygens (including phenoxy) is 1. The number of nitrogens with zero attached hydrogens (tertiary/aromatic N) is 1. The number of aromatic nitrogens is 1. The van der Waals surface area contributed by atoms with Crippen LogP contribution in [0.25, 0.3) is 0 Å². The Morgan fingerprint density at radius 3 is 2.30 bits per heavy atom. The standard InChI is InChI=1S/C14H13F3N2O/c1-18-13-7-6-12(8-19-13)20-9-10-2-4-11(5-3-10)14(15,16)17/h2-8H,9H2,1H3,(H,18,19). The average Bonchev–Trinajstić information content (AvgIpc) is 2.45. The van der Waals surface area contributed by atoms with E-state index in [4.69, 9.17) is 4.74 Å². The molecule has 6 heteroatoms. The molecule has 3 nitrogen and oxygen atoms in total. The molecule has 0 saturated carbocycles. The van der Waals surface area contributed by atoms with Crippen molar-refractivity contribution in [3.63, 3.8) is 0 Å². The van der Waals surface area contributed by atoms with Gasteiger partial charge in [-0.2, -0.15) is 13.2 Å². The van der Waals surface area contributed by atoms with E-state index < -0.39 is 11.7 Å². The molecule has 0 radical (unpaired) electrons. The molecule has 0 aliphatic rings. The predicted molar refractivity (Wildman–Crippen MR) is 69.6 cm³/mol. The molecule has 0 atom stereocenters. The molecule has 0 unspecified atom stereocenters. The molecular weight excluding hydrogens is 269 g/mol. The van der Waals surface area contributed by atoms with Crippen LogP contribution >= 0.6 is 0 Å². The van der Waals surface area contributed by atoms with Crippen molar-refractivity contribution in [1.82, 2.24) is 4.98 Å². The summed E-state index contributed by atoms with van der Waals surface area (Å²) < 4.78 is 42.6. The zero-order valence-corrected chi connectivity index (χ0v) is 10.7. The Kier molecular flexibility index (Phi) is 4.12. The van der Waals surface area contributed by atoms with Crippen molar-refractivity contribution in [3.05, 3.63) is 53.7 Å². The summed E-state index contributed by atoms with van der Waals surface area (Å²) in [5, 5.41) is 2.88. The first-order chi connectivity index (χ1) is 9.49. The van der Waals surface area contributed by atoms with Gasteiger partial charge in [0.2, 0.25) is 0 Å². The normalized spacial score (nSPS) is 11.2. The van der Waals surface area contributed by atoms with E-state index in [1.165, 1.54) is 12.1 Å². The van der Waals surface area contributed by atoms with Gasteiger partial charge in [-0.15, -0.1) is 0 Å². The first kappa shape index (κ1) is 14.2. The van der Waals surface area contributed by atoms with Gasteiger partial charge in [0.1, 0.15) is 18.2 Å². The highest BCUT2D eigenvalue weighted by molar-refractivity contribution is 5.36. The summed E-state index contributed by atoms with van der Waals surface area (Å²) in [6, 6.07) is 8.38. The molecule has 20 heavy (non-hydrogen) atoms. The van der Waals surface area contributed by atoms with Gasteiger partial charge in [0.25, 0.3) is 0 Å². The van der Waals surface area contributed by atoms with Crippen molar-refractivity contribution in [2.75, 3.05) is 12.4 Å². The number of anilines is 1. The SMILES string of the molecule is CNc1ccc(OCc2ccc(C(F)(F)F)cc2)cn1. The fourth-order valence-corrected chi connectivity index (χ4v) is 1.57. The van der Waals surface area contributed by atoms with Crippen LogP contribution in [-0.2, 0) is 12.8 Å². The summed E-state index contributed by atoms with van der Waals surface area (Å²) in [6.45, 7) is 0.193. The summed E-state index contributed by atoms with van der Waals surface area (Å²) in [6.07, 6.45) is -2.76. The summed E-state index contributed by atoms with van der Waals surface area (Å²) in [5.41, 5.74) is -0.00279. The highest BCUT2D eigenvalue weighted by Crippen LogP contribution is 2.29. The Morgan fingerprint density at radius 2 is 1.80 bits per heavy atom. The van der Waals surface area contributed by atoms with Gasteiger partial charge in [-0.25, -0.2) is 4.98 Å². The Morgan fingerprint density at radius 1 is 1.10 bits per heavy atom. The third kappa shape index (κ3) is 3.63. The largest absolute Gasteiger partial charge is 0.487 e. The van der Waals surface area contributed by atoms with Crippen molar-refractivity contribution in [3.8, 4) is 5.75 Å². The van der Waals surface area contributed by atoms with Gasteiger partial charge in [-0.05, 0) is 29.8 Å². The van der Waals surface area contributed by atoms with Crippen LogP contribution in [-0.4, -0.2) is 12.0 Å². The molecule has 2 rings (SSSR count). The van der Waals surface area contributed by atoms with Gasteiger partial charge in [0.05, 0.1) is 11.8 Å². The Bertz CT molecular complexity index is 550. The minimum absolute atomic E-state index is 0.193. The second-order valence-corrected chi connectivity index (χ2v) is 4.11. The maximum absolute atomic E-state index is 12.4. The van der Waals surface area contributed by atoms with Crippen molar-refractivity contribution in [2.24, 2.45) is 0 Å². The van der Waals surface area contributed by atoms with Crippen LogP contribution < -0.4 is 10.1 Å². The summed E-state index contributed by atoms with van der Waals surface area (Å²) in [5.74, 6) is 1.27. The highest BCUT2D eigenvalue weighted by Gasteiger charge is 2.29. The zero-order valence-electron chi connectivity index (χ0n) is 10.7. The van der Waals surface area contributed by atoms with Crippen molar-refractivity contribution in [2.45, 2.75) is 12.8 Å². The molecule has 0 amide bonds. The average molecular weight is 282 g/mol. The van der Waals surface area contributed by atoms with Gasteiger partial charge in [-0.3, -0.25) is 0 Å². The molecule has 0 aliphatic heterocycles. The Balaban J connectivity index is 1.96. The van der Waals surface area contributed by atoms with Crippen LogP contribution in [0.5, 0.6) is 5.75 Å². The predicted octanol–water partition coefficient (Wildman–Crippen LogP) is 3.72. The van der Waals surface area contributed by atoms with E-state index in [1.807, 2.05) is 0 Å². The second-order valence-electron chi connectivity index (χ2n) is 4.11. The van der Waals surface area contributed by atoms with E-state index >= 15 is 0 Å². The second kappa shape index (κ2) is 5.81. The van der Waals surface area contributed by atoms with E-state index in [0.29, 0.717) is 17.1 Å². The molecule has 1 aromatic carbocycles. The van der Waals surface area contributed by atoms with Gasteiger partial charge in [-0.1, -0.05) is 12.1 Å². The summed E-state index contributed by atoms with van der Waals surface area (Å²) >= 11 is 0. The molecule has 0 spiro atoms. The summed E-state index contributed by atoms with van der Waals surface area (Å²) in [4.78, 5) is 4.07. The number of alkyl halides is 3. The van der Waals surface area contributed by atoms with E-state index in [-0.39, 0.29) is 6.61 Å². The van der Waals surface area contributed by atoms with Gasteiger partial charge in [0, 0.05) is 7.05 Å². The topological polar surface area (TPSA) is 34.1 Å². The van der Waals surface area contributed by atoms with Crippen LogP contribution in [0.3, 0.4) is 0 Å². The molecule has 1 heterocycles. The Hall–Kier alpha value is -2.24. The first-order valence-corrected chi connectivity index (χ1v) is 5.92. The lowest BCUT2D eigenvalue weighted by atomic mass is 10.1. The van der Waals surface area contributed by atoms with Crippen molar-refractivity contribution >= 4 is 5.82 Å². The van der Waals surface area contributed by atoms with Crippen LogP contribution in [0.15, 0.2) is 42.6 Å². The molecule has 1 aromatic heterocycles. The third-order valence-electron chi connectivity index (χ3n) is 2.68. The number of nitrogens with one attached hydrogen (secondary N) is 1. The van der Waals surface area contributed by atoms with Crippen LogP contribution in [0.2, 0.25) is 0 Å². The number of hydrogen-bond acceptors (Lipinski definition) is 3. The van der Waals surface area contributed by atoms with Gasteiger partial charge < -0.3 is 10.1 Å². The quantitative estimate of drug-likeness (QED) is 0.928. The zero-order chi connectivity index (χ0) is 14.6. The van der Waals surface area contributed by atoms with E-state index in [1.54, 1.807) is 25.4 Å². The number of benzene rings is 1. The van der Waals surface area contributed by atoms with E-state index in [0.717, 1.165) is 12.1 Å². The lowest BCUT2D eigenvalue weighted by Crippen LogP contribution is -2.05. The molecule has 106 valence electrons. The molecule has 0 fully saturated rings. The molecule has 1 N–H and O–H groups in total. The highest BCUT2D eigenvalue weighted by atomic mass is 19.4. The minimum Gasteiger partial charge on any atom is -0.487 e. The molecule has 0 saturated heterocycles. The lowest BCUT2D eigenvalue weighted by molar-refractivity contribution is -0.137. The first-order valence-electron chi connectivity index (χ1n) is 5.92. The van der Waals surface area contributed by atoms with Gasteiger partial charge >= 0.3 is 6.18 Å². The Labute approximate surface area is 114 Å². The molecule has 0 aliphatic carbocycles. The maximum atomic E-state index is 12.4. The molecular formula is C14H13F3N2O. The van der Waals surface area contributed by atoms with E-state index in [2.05, 4.69) is 10.3 Å². The number of hydrogen-bond donors (Lipinski definition) is 1. The molecule has 0 bridgehead atoms. The van der Waals surface area contributed by atoms with E-state index in [9.17, 15) is 13.2 Å². The monoisotopic (exact) mass is 282 g/mol. The number of pyridine rings is 1. The van der Waals surface area contributed by atoms with Gasteiger partial charge in [0.15, 0.2) is 0 Å². The number of rotatable bonds is 4. The summed E-state index contributed by atoms with van der Waals surface area (Å²) in [7, 11) is 1.76. The fraction of sp³-hybridized carbons (Fsp3) is 0.214. The number of halogens is 3. The third-order valence-corrected chi connectivity index (χ3v) is 2.68. The van der Waals surface area contributed by atoms with Crippen molar-refractivity contribution in [1.29, 1.82) is 0 Å². The minimum atomic E-state index is -4.31. The molecule has 2 aromatic rings. The maximum Gasteiger partial charge on any atom is 0.416 e.